The van der Waals surface area contributed by atoms with Gasteiger partial charge in [-0.1, -0.05) is 0 Å². The zero-order valence-electron chi connectivity index (χ0n) is 5.71. The average Bonchev–Trinajstić information content (AvgIpc) is 1.94. The normalized spacial score (nSPS) is 26.4. The van der Waals surface area contributed by atoms with Crippen LogP contribution in [0.3, 0.4) is 0 Å². The average molecular weight is 142 g/mol. The number of carbonyl (C=O) groups is 2. The molecule has 0 N–H and O–H groups in total. The maximum atomic E-state index is 10.9. The first-order valence-corrected chi connectivity index (χ1v) is 3.38. The second-order valence-electron chi connectivity index (χ2n) is 2.39. The molecule has 1 heterocycles. The molecule has 1 atom stereocenters. The number of Topliss-reactive ketones (excluding diaryl/α,β-unsaturated/α-hetero) is 1. The second-order valence-corrected chi connectivity index (χ2v) is 2.39. The summed E-state index contributed by atoms with van der Waals surface area (Å²) in [6.45, 7) is 0.950. The van der Waals surface area contributed by atoms with Crippen molar-refractivity contribution in [1.82, 2.24) is 0 Å². The van der Waals surface area contributed by atoms with Gasteiger partial charge in [0.05, 0.1) is 13.2 Å². The molecular weight excluding hydrogens is 132 g/mol. The first kappa shape index (κ1) is 7.41. The molecule has 3 heteroatoms. The maximum absolute atomic E-state index is 10.9. The van der Waals surface area contributed by atoms with Gasteiger partial charge in [-0.2, -0.15) is 0 Å². The van der Waals surface area contributed by atoms with Crippen LogP contribution in [0.4, 0.5) is 0 Å². The summed E-state index contributed by atoms with van der Waals surface area (Å²) in [5.74, 6) is 0.00426. The summed E-state index contributed by atoms with van der Waals surface area (Å²) < 4.78 is 5.03. The molecule has 10 heavy (non-hydrogen) atoms. The van der Waals surface area contributed by atoms with Gasteiger partial charge >= 0.3 is 0 Å². The highest BCUT2D eigenvalue weighted by molar-refractivity contribution is 5.83. The van der Waals surface area contributed by atoms with E-state index in [9.17, 15) is 9.59 Å². The van der Waals surface area contributed by atoms with E-state index in [0.717, 1.165) is 6.29 Å². The van der Waals surface area contributed by atoms with E-state index < -0.39 is 0 Å². The molecular formula is C7H10O3. The Morgan fingerprint density at radius 3 is 3.10 bits per heavy atom. The van der Waals surface area contributed by atoms with E-state index in [1.807, 2.05) is 0 Å². The third kappa shape index (κ3) is 1.64. The van der Waals surface area contributed by atoms with E-state index >= 15 is 0 Å². The Morgan fingerprint density at radius 1 is 1.70 bits per heavy atom. The van der Waals surface area contributed by atoms with Crippen molar-refractivity contribution in [3.8, 4) is 0 Å². The number of rotatable bonds is 2. The summed E-state index contributed by atoms with van der Waals surface area (Å²) in [6, 6.07) is 0. The molecule has 0 amide bonds. The van der Waals surface area contributed by atoms with E-state index in [1.165, 1.54) is 0 Å². The second kappa shape index (κ2) is 3.46. The number of hydrogen-bond acceptors (Lipinski definition) is 3. The van der Waals surface area contributed by atoms with Gasteiger partial charge in [-0.15, -0.1) is 0 Å². The van der Waals surface area contributed by atoms with Crippen molar-refractivity contribution >= 4 is 12.1 Å². The summed E-state index contributed by atoms with van der Waals surface area (Å²) in [7, 11) is 0. The molecule has 0 unspecified atom stereocenters. The van der Waals surface area contributed by atoms with Gasteiger partial charge in [0.1, 0.15) is 12.1 Å². The highest BCUT2D eigenvalue weighted by Gasteiger charge is 2.21. The molecule has 1 aliphatic rings. The number of ketones is 1. The molecule has 1 rings (SSSR count). The van der Waals surface area contributed by atoms with E-state index in [4.69, 9.17) is 4.74 Å². The number of aldehydes is 1. The van der Waals surface area contributed by atoms with E-state index in [1.54, 1.807) is 0 Å². The van der Waals surface area contributed by atoms with Gasteiger partial charge in [0, 0.05) is 18.8 Å². The molecule has 1 saturated heterocycles. The van der Waals surface area contributed by atoms with Crippen molar-refractivity contribution < 1.29 is 14.3 Å². The third-order valence-electron chi connectivity index (χ3n) is 1.65. The van der Waals surface area contributed by atoms with Crippen LogP contribution in [0.2, 0.25) is 0 Å². The van der Waals surface area contributed by atoms with Gasteiger partial charge in [-0.3, -0.25) is 4.79 Å². The van der Waals surface area contributed by atoms with Gasteiger partial charge < -0.3 is 9.53 Å². The molecule has 0 aromatic carbocycles. The zero-order chi connectivity index (χ0) is 7.40. The minimum atomic E-state index is -0.161. The summed E-state index contributed by atoms with van der Waals surface area (Å²) in [5.41, 5.74) is 0. The topological polar surface area (TPSA) is 43.4 Å². The molecule has 1 aliphatic heterocycles. The Morgan fingerprint density at radius 2 is 2.50 bits per heavy atom. The number of ether oxygens (including phenoxy) is 1. The van der Waals surface area contributed by atoms with Gasteiger partial charge in [0.25, 0.3) is 0 Å². The predicted octanol–water partition coefficient (Wildman–Crippen LogP) is 0.181. The van der Waals surface area contributed by atoms with Crippen LogP contribution in [0.25, 0.3) is 0 Å². The van der Waals surface area contributed by atoms with Gasteiger partial charge in [0.15, 0.2) is 0 Å². The minimum Gasteiger partial charge on any atom is -0.380 e. The molecule has 0 saturated carbocycles. The molecule has 56 valence electrons. The lowest BCUT2D eigenvalue weighted by molar-refractivity contribution is -0.132. The van der Waals surface area contributed by atoms with Crippen molar-refractivity contribution in [1.29, 1.82) is 0 Å². The summed E-state index contributed by atoms with van der Waals surface area (Å²) in [4.78, 5) is 21.0. The van der Waals surface area contributed by atoms with Crippen molar-refractivity contribution in [2.24, 2.45) is 5.92 Å². The van der Waals surface area contributed by atoms with Crippen LogP contribution in [0.1, 0.15) is 12.8 Å². The zero-order valence-corrected chi connectivity index (χ0v) is 5.71. The minimum absolute atomic E-state index is 0.161. The van der Waals surface area contributed by atoms with Crippen LogP contribution in [0.15, 0.2) is 0 Å². The highest BCUT2D eigenvalue weighted by atomic mass is 16.5. The fraction of sp³-hybridized carbons (Fsp3) is 0.714. The Labute approximate surface area is 59.4 Å². The molecule has 0 radical (unpaired) electrons. The largest absolute Gasteiger partial charge is 0.380 e. The Hall–Kier alpha value is -0.700. The lowest BCUT2D eigenvalue weighted by atomic mass is 9.98. The van der Waals surface area contributed by atoms with Crippen molar-refractivity contribution in [3.63, 3.8) is 0 Å². The standard InChI is InChI=1S/C7H10O3/c8-3-1-6-5-10-4-2-7(6)9/h3,6H,1-2,4-5H2/t6-/m0/s1. The van der Waals surface area contributed by atoms with E-state index in [2.05, 4.69) is 0 Å². The van der Waals surface area contributed by atoms with Crippen molar-refractivity contribution in [3.05, 3.63) is 0 Å². The van der Waals surface area contributed by atoms with Gasteiger partial charge in [-0.05, 0) is 0 Å². The van der Waals surface area contributed by atoms with Crippen LogP contribution in [0.5, 0.6) is 0 Å². The Bertz CT molecular complexity index is 142. The highest BCUT2D eigenvalue weighted by Crippen LogP contribution is 2.11. The maximum Gasteiger partial charge on any atom is 0.141 e. The molecule has 1 fully saturated rings. The van der Waals surface area contributed by atoms with Crippen LogP contribution in [-0.4, -0.2) is 25.3 Å². The molecule has 0 aromatic heterocycles. The Balaban J connectivity index is 2.39. The molecule has 0 spiro atoms. The smallest absolute Gasteiger partial charge is 0.141 e. The van der Waals surface area contributed by atoms with Crippen LogP contribution < -0.4 is 0 Å². The summed E-state index contributed by atoms with van der Waals surface area (Å²) in [6.07, 6.45) is 1.56. The molecule has 3 nitrogen and oxygen atoms in total. The number of hydrogen-bond donors (Lipinski definition) is 0. The number of carbonyl (C=O) groups excluding carboxylic acids is 2. The SMILES string of the molecule is O=CC[C@H]1COCCC1=O. The molecule has 0 bridgehead atoms. The van der Waals surface area contributed by atoms with Crippen LogP contribution in [-0.2, 0) is 14.3 Å². The van der Waals surface area contributed by atoms with E-state index in [0.29, 0.717) is 26.1 Å². The van der Waals surface area contributed by atoms with E-state index in [-0.39, 0.29) is 11.7 Å². The fourth-order valence-corrected chi connectivity index (χ4v) is 1.01. The van der Waals surface area contributed by atoms with Crippen molar-refractivity contribution in [2.75, 3.05) is 13.2 Å². The van der Waals surface area contributed by atoms with Gasteiger partial charge in [0.2, 0.25) is 0 Å². The first-order valence-electron chi connectivity index (χ1n) is 3.38. The Kier molecular flexibility index (Phi) is 2.57. The van der Waals surface area contributed by atoms with Gasteiger partial charge in [-0.25, -0.2) is 0 Å². The third-order valence-corrected chi connectivity index (χ3v) is 1.65. The fourth-order valence-electron chi connectivity index (χ4n) is 1.01. The first-order chi connectivity index (χ1) is 4.84. The van der Waals surface area contributed by atoms with Crippen LogP contribution in [0, 0.1) is 5.92 Å². The monoisotopic (exact) mass is 142 g/mol. The molecule has 0 aliphatic carbocycles. The lowest BCUT2D eigenvalue weighted by Gasteiger charge is -2.18. The van der Waals surface area contributed by atoms with Crippen molar-refractivity contribution in [2.45, 2.75) is 12.8 Å². The van der Waals surface area contributed by atoms with Crippen LogP contribution >= 0.6 is 0 Å². The predicted molar refractivity (Wildman–Crippen MR) is 34.6 cm³/mol. The quantitative estimate of drug-likeness (QED) is 0.516. The summed E-state index contributed by atoms with van der Waals surface area (Å²) >= 11 is 0. The summed E-state index contributed by atoms with van der Waals surface area (Å²) in [5, 5.41) is 0. The molecule has 0 aromatic rings. The lowest BCUT2D eigenvalue weighted by Crippen LogP contribution is -2.27.